The van der Waals surface area contributed by atoms with Crippen LogP contribution in [0.3, 0.4) is 0 Å². The van der Waals surface area contributed by atoms with E-state index in [1.54, 1.807) is 12.1 Å². The molecule has 0 saturated heterocycles. The van der Waals surface area contributed by atoms with Gasteiger partial charge in [0.05, 0.1) is 13.2 Å². The highest BCUT2D eigenvalue weighted by molar-refractivity contribution is 6.05. The van der Waals surface area contributed by atoms with Crippen LogP contribution in [0.1, 0.15) is 33.9 Å². The number of fused-ring (bicyclic) bond motifs is 1. The Morgan fingerprint density at radius 3 is 2.68 bits per heavy atom. The number of ether oxygens (including phenoxy) is 1. The van der Waals surface area contributed by atoms with Crippen molar-refractivity contribution in [2.24, 2.45) is 0 Å². The number of nitrogens with one attached hydrogen (secondary N) is 2. The molecule has 0 spiro atoms. The second-order valence-electron chi connectivity index (χ2n) is 5.68. The lowest BCUT2D eigenvalue weighted by molar-refractivity contribution is 0.102. The summed E-state index contributed by atoms with van der Waals surface area (Å²) >= 11 is 0. The first-order valence-electron chi connectivity index (χ1n) is 7.72. The first kappa shape index (κ1) is 16.9. The zero-order chi connectivity index (χ0) is 18.0. The lowest BCUT2D eigenvalue weighted by Crippen LogP contribution is -2.26. The summed E-state index contributed by atoms with van der Waals surface area (Å²) in [6, 6.07) is 8.18. The van der Waals surface area contributed by atoms with Crippen LogP contribution < -0.4 is 10.6 Å². The third-order valence-corrected chi connectivity index (χ3v) is 4.17. The molecule has 7 heteroatoms. The zero-order valence-corrected chi connectivity index (χ0v) is 13.4. The van der Waals surface area contributed by atoms with Crippen LogP contribution in [0.25, 0.3) is 0 Å². The van der Waals surface area contributed by atoms with E-state index >= 15 is 0 Å². The fourth-order valence-corrected chi connectivity index (χ4v) is 2.99. The SMILES string of the molecule is COC(=O)N[C@H]1CCc2c(C(=O)Nc3ccc(F)c(F)c3)cccc21. The van der Waals surface area contributed by atoms with Gasteiger partial charge >= 0.3 is 6.09 Å². The van der Waals surface area contributed by atoms with E-state index in [2.05, 4.69) is 15.4 Å². The highest BCUT2D eigenvalue weighted by atomic mass is 19.2. The van der Waals surface area contributed by atoms with Crippen molar-refractivity contribution >= 4 is 17.7 Å². The maximum absolute atomic E-state index is 13.3. The maximum Gasteiger partial charge on any atom is 0.407 e. The van der Waals surface area contributed by atoms with Crippen molar-refractivity contribution in [1.82, 2.24) is 5.32 Å². The Balaban J connectivity index is 1.82. The van der Waals surface area contributed by atoms with Crippen molar-refractivity contribution in [1.29, 1.82) is 0 Å². The Labute approximate surface area is 143 Å². The van der Waals surface area contributed by atoms with Gasteiger partial charge in [-0.1, -0.05) is 12.1 Å². The van der Waals surface area contributed by atoms with Crippen LogP contribution in [-0.4, -0.2) is 19.1 Å². The van der Waals surface area contributed by atoms with Crippen molar-refractivity contribution in [3.8, 4) is 0 Å². The molecule has 1 aliphatic rings. The minimum atomic E-state index is -1.03. The molecule has 0 aliphatic heterocycles. The lowest BCUT2D eigenvalue weighted by Gasteiger charge is -2.14. The molecule has 2 amide bonds. The van der Waals surface area contributed by atoms with Gasteiger partial charge in [0.15, 0.2) is 11.6 Å². The van der Waals surface area contributed by atoms with E-state index in [-0.39, 0.29) is 11.7 Å². The smallest absolute Gasteiger partial charge is 0.407 e. The summed E-state index contributed by atoms with van der Waals surface area (Å²) in [7, 11) is 1.29. The van der Waals surface area contributed by atoms with Crippen molar-refractivity contribution in [3.63, 3.8) is 0 Å². The molecule has 3 rings (SSSR count). The quantitative estimate of drug-likeness (QED) is 0.893. The standard InChI is InChI=1S/C18H16F2N2O3/c1-25-18(24)22-16-8-6-11-12(16)3-2-4-13(11)17(23)21-10-5-7-14(19)15(20)9-10/h2-5,7,9,16H,6,8H2,1H3,(H,21,23)(H,22,24)/t16-/m0/s1. The minimum Gasteiger partial charge on any atom is -0.453 e. The lowest BCUT2D eigenvalue weighted by atomic mass is 10.0. The van der Waals surface area contributed by atoms with Crippen LogP contribution in [0.4, 0.5) is 19.3 Å². The van der Waals surface area contributed by atoms with Gasteiger partial charge in [-0.05, 0) is 42.2 Å². The highest BCUT2D eigenvalue weighted by Crippen LogP contribution is 2.33. The fourth-order valence-electron chi connectivity index (χ4n) is 2.99. The molecule has 0 bridgehead atoms. The number of carbonyl (C=O) groups is 2. The molecule has 1 atom stereocenters. The summed E-state index contributed by atoms with van der Waals surface area (Å²) in [4.78, 5) is 23.9. The number of carbonyl (C=O) groups excluding carboxylic acids is 2. The van der Waals surface area contributed by atoms with Gasteiger partial charge in [0.2, 0.25) is 0 Å². The Bertz CT molecular complexity index is 839. The average molecular weight is 346 g/mol. The van der Waals surface area contributed by atoms with Crippen LogP contribution in [0, 0.1) is 11.6 Å². The summed E-state index contributed by atoms with van der Waals surface area (Å²) < 4.78 is 30.9. The van der Waals surface area contributed by atoms with E-state index in [1.165, 1.54) is 13.2 Å². The van der Waals surface area contributed by atoms with Crippen LogP contribution >= 0.6 is 0 Å². The molecule has 0 fully saturated rings. The summed E-state index contributed by atoms with van der Waals surface area (Å²) in [5, 5.41) is 5.30. The maximum atomic E-state index is 13.3. The van der Waals surface area contributed by atoms with Gasteiger partial charge in [0.1, 0.15) is 0 Å². The molecule has 0 heterocycles. The molecule has 0 saturated carbocycles. The summed E-state index contributed by atoms with van der Waals surface area (Å²) in [6.07, 6.45) is 0.736. The van der Waals surface area contributed by atoms with Crippen LogP contribution in [0.15, 0.2) is 36.4 Å². The Morgan fingerprint density at radius 1 is 1.16 bits per heavy atom. The Morgan fingerprint density at radius 2 is 1.96 bits per heavy atom. The first-order valence-corrected chi connectivity index (χ1v) is 7.72. The van der Waals surface area contributed by atoms with Crippen LogP contribution in [-0.2, 0) is 11.2 Å². The molecular formula is C18H16F2N2O3. The number of hydrogen-bond acceptors (Lipinski definition) is 3. The third-order valence-electron chi connectivity index (χ3n) is 4.17. The molecule has 2 N–H and O–H groups in total. The van der Waals surface area contributed by atoms with Gasteiger partial charge in [-0.2, -0.15) is 0 Å². The first-order chi connectivity index (χ1) is 12.0. The number of halogens is 2. The van der Waals surface area contributed by atoms with E-state index in [1.807, 2.05) is 6.07 Å². The Kier molecular flexibility index (Phi) is 4.65. The van der Waals surface area contributed by atoms with E-state index < -0.39 is 23.6 Å². The normalized spacial score (nSPS) is 15.4. The van der Waals surface area contributed by atoms with Crippen LogP contribution in [0.2, 0.25) is 0 Å². The molecule has 1 aliphatic carbocycles. The van der Waals surface area contributed by atoms with Crippen molar-refractivity contribution in [2.75, 3.05) is 12.4 Å². The van der Waals surface area contributed by atoms with Gasteiger partial charge in [0, 0.05) is 17.3 Å². The van der Waals surface area contributed by atoms with Gasteiger partial charge in [0.25, 0.3) is 5.91 Å². The molecule has 25 heavy (non-hydrogen) atoms. The number of benzene rings is 2. The fraction of sp³-hybridized carbons (Fsp3) is 0.222. The van der Waals surface area contributed by atoms with Crippen LogP contribution in [0.5, 0.6) is 0 Å². The molecule has 0 aromatic heterocycles. The summed E-state index contributed by atoms with van der Waals surface area (Å²) in [5.41, 5.74) is 2.28. The molecule has 0 unspecified atom stereocenters. The number of methoxy groups -OCH3 is 1. The molecule has 2 aromatic rings. The number of amides is 2. The number of alkyl carbamates (subject to hydrolysis) is 1. The number of hydrogen-bond donors (Lipinski definition) is 2. The molecule has 0 radical (unpaired) electrons. The van der Waals surface area contributed by atoms with Gasteiger partial charge in [-0.3, -0.25) is 4.79 Å². The highest BCUT2D eigenvalue weighted by Gasteiger charge is 2.28. The number of anilines is 1. The van der Waals surface area contributed by atoms with E-state index in [0.717, 1.165) is 23.3 Å². The molecule has 2 aromatic carbocycles. The van der Waals surface area contributed by atoms with Gasteiger partial charge < -0.3 is 15.4 Å². The van der Waals surface area contributed by atoms with Gasteiger partial charge in [-0.25, -0.2) is 13.6 Å². The zero-order valence-electron chi connectivity index (χ0n) is 13.4. The average Bonchev–Trinajstić information content (AvgIpc) is 3.01. The topological polar surface area (TPSA) is 67.4 Å². The third kappa shape index (κ3) is 3.45. The van der Waals surface area contributed by atoms with E-state index in [9.17, 15) is 18.4 Å². The van der Waals surface area contributed by atoms with E-state index in [4.69, 9.17) is 0 Å². The predicted molar refractivity (Wildman–Crippen MR) is 87.4 cm³/mol. The van der Waals surface area contributed by atoms with E-state index in [0.29, 0.717) is 18.4 Å². The van der Waals surface area contributed by atoms with Crippen molar-refractivity contribution in [2.45, 2.75) is 18.9 Å². The van der Waals surface area contributed by atoms with Crippen molar-refractivity contribution < 1.29 is 23.1 Å². The second-order valence-corrected chi connectivity index (χ2v) is 5.68. The van der Waals surface area contributed by atoms with Gasteiger partial charge in [-0.15, -0.1) is 0 Å². The molecule has 130 valence electrons. The number of rotatable bonds is 3. The largest absolute Gasteiger partial charge is 0.453 e. The summed E-state index contributed by atoms with van der Waals surface area (Å²) in [6.45, 7) is 0. The second kappa shape index (κ2) is 6.88. The summed E-state index contributed by atoms with van der Waals surface area (Å²) in [5.74, 6) is -2.42. The molecular weight excluding hydrogens is 330 g/mol. The predicted octanol–water partition coefficient (Wildman–Crippen LogP) is 3.56. The molecule has 5 nitrogen and oxygen atoms in total. The minimum absolute atomic E-state index is 0.170. The Hall–Kier alpha value is -2.96. The monoisotopic (exact) mass is 346 g/mol. The van der Waals surface area contributed by atoms with Crippen molar-refractivity contribution in [3.05, 3.63) is 64.7 Å².